The van der Waals surface area contributed by atoms with Crippen LogP contribution in [0.3, 0.4) is 0 Å². The lowest BCUT2D eigenvalue weighted by molar-refractivity contribution is -0.175. The van der Waals surface area contributed by atoms with Crippen molar-refractivity contribution in [1.29, 1.82) is 0 Å². The molecule has 0 aliphatic heterocycles. The summed E-state index contributed by atoms with van der Waals surface area (Å²) in [6.45, 7) is 8.61. The minimum Gasteiger partial charge on any atom is -0.497 e. The van der Waals surface area contributed by atoms with Crippen molar-refractivity contribution in [2.24, 2.45) is 0 Å². The van der Waals surface area contributed by atoms with Gasteiger partial charge in [0.2, 0.25) is 0 Å². The van der Waals surface area contributed by atoms with Gasteiger partial charge in [0.05, 0.1) is 26.4 Å². The van der Waals surface area contributed by atoms with Crippen molar-refractivity contribution < 1.29 is 37.7 Å². The van der Waals surface area contributed by atoms with Gasteiger partial charge in [-0.15, -0.1) is 0 Å². The summed E-state index contributed by atoms with van der Waals surface area (Å²) < 4.78 is 44.4. The third kappa shape index (κ3) is 7.34. The molecule has 0 bridgehead atoms. The molecule has 0 aromatic heterocycles. The number of nitrogens with zero attached hydrogens (tertiary/aromatic N) is 1. The van der Waals surface area contributed by atoms with Crippen molar-refractivity contribution >= 4 is 12.0 Å². The lowest BCUT2D eigenvalue weighted by Crippen LogP contribution is -2.68. The maximum Gasteiger partial charge on any atom is 0.329 e. The summed E-state index contributed by atoms with van der Waals surface area (Å²) in [7, 11) is 1.61. The molecule has 2 aromatic rings. The number of amides is 2. The summed E-state index contributed by atoms with van der Waals surface area (Å²) in [6.07, 6.45) is 0.223. The molecule has 2 amide bonds. The molecular formula is C30H40F2N2O6. The van der Waals surface area contributed by atoms with Crippen LogP contribution in [0.15, 0.2) is 36.4 Å². The fourth-order valence-corrected chi connectivity index (χ4v) is 5.03. The second-order valence-corrected chi connectivity index (χ2v) is 10.2. The number of rotatable bonds is 14. The SMILES string of the molecule is CCOc1cc([C@@H](C)N(CCCCc2cccc(OC)c2)C(=O)NC2(C(=O)O)CC(F)(F)C2)cc(OCC)c1C. The minimum absolute atomic E-state index is 0.283. The molecule has 3 rings (SSSR count). The molecule has 1 atom stereocenters. The van der Waals surface area contributed by atoms with Crippen LogP contribution < -0.4 is 19.5 Å². The number of hydrogen-bond donors (Lipinski definition) is 2. The predicted octanol–water partition coefficient (Wildman–Crippen LogP) is 6.15. The fourth-order valence-electron chi connectivity index (χ4n) is 5.03. The van der Waals surface area contributed by atoms with Gasteiger partial charge >= 0.3 is 12.0 Å². The molecule has 0 heterocycles. The normalized spacial score (nSPS) is 15.9. The molecule has 0 radical (unpaired) electrons. The number of carboxylic acids is 1. The molecule has 40 heavy (non-hydrogen) atoms. The molecule has 10 heteroatoms. The summed E-state index contributed by atoms with van der Waals surface area (Å²) in [5.41, 5.74) is 0.643. The summed E-state index contributed by atoms with van der Waals surface area (Å²) >= 11 is 0. The van der Waals surface area contributed by atoms with Crippen LogP contribution in [0, 0.1) is 6.92 Å². The Morgan fingerprint density at radius 2 is 1.70 bits per heavy atom. The Morgan fingerprint density at radius 3 is 2.23 bits per heavy atom. The Morgan fingerprint density at radius 1 is 1.07 bits per heavy atom. The first kappa shape index (κ1) is 31.0. The van der Waals surface area contributed by atoms with E-state index in [0.717, 1.165) is 35.3 Å². The van der Waals surface area contributed by atoms with Gasteiger partial charge in [-0.05, 0) is 82.3 Å². The van der Waals surface area contributed by atoms with E-state index in [2.05, 4.69) is 5.32 Å². The number of carbonyl (C=O) groups is 2. The molecule has 2 N–H and O–H groups in total. The monoisotopic (exact) mass is 562 g/mol. The lowest BCUT2D eigenvalue weighted by atomic mass is 9.73. The average Bonchev–Trinajstić information content (AvgIpc) is 2.89. The van der Waals surface area contributed by atoms with Gasteiger partial charge in [0.15, 0.2) is 5.54 Å². The molecular weight excluding hydrogens is 522 g/mol. The molecule has 2 aromatic carbocycles. The number of carboxylic acid groups (broad SMARTS) is 1. The molecule has 1 saturated carbocycles. The van der Waals surface area contributed by atoms with E-state index in [1.165, 1.54) is 4.90 Å². The molecule has 0 saturated heterocycles. The van der Waals surface area contributed by atoms with E-state index >= 15 is 0 Å². The van der Waals surface area contributed by atoms with E-state index in [1.54, 1.807) is 7.11 Å². The highest BCUT2D eigenvalue weighted by Crippen LogP contribution is 2.46. The molecule has 8 nitrogen and oxygen atoms in total. The number of methoxy groups -OCH3 is 1. The third-order valence-electron chi connectivity index (χ3n) is 7.27. The van der Waals surface area contributed by atoms with E-state index in [1.807, 2.05) is 64.1 Å². The first-order valence-corrected chi connectivity index (χ1v) is 13.7. The van der Waals surface area contributed by atoms with Crippen molar-refractivity contribution in [2.75, 3.05) is 26.9 Å². The topological polar surface area (TPSA) is 97.3 Å². The van der Waals surface area contributed by atoms with Crippen molar-refractivity contribution in [2.45, 2.75) is 77.3 Å². The van der Waals surface area contributed by atoms with E-state index in [9.17, 15) is 23.5 Å². The second-order valence-electron chi connectivity index (χ2n) is 10.2. The summed E-state index contributed by atoms with van der Waals surface area (Å²) in [5.74, 6) is -2.60. The highest BCUT2D eigenvalue weighted by atomic mass is 19.3. The third-order valence-corrected chi connectivity index (χ3v) is 7.27. The standard InChI is InChI=1S/C30H40F2N2O6/c1-6-39-25-16-23(17-26(20(25)3)40-7-2)21(4)34(14-9-8-11-22-12-10-13-24(15-22)38-5)28(37)33-29(27(35)36)18-30(31,32)19-29/h10,12-13,15-17,21H,6-9,11,14,18-19H2,1-5H3,(H,33,37)(H,35,36)/t21-/m1/s1. The first-order valence-electron chi connectivity index (χ1n) is 13.7. The Hall–Kier alpha value is -3.56. The van der Waals surface area contributed by atoms with Crippen LogP contribution >= 0.6 is 0 Å². The zero-order valence-electron chi connectivity index (χ0n) is 23.9. The van der Waals surface area contributed by atoms with Gasteiger partial charge in [0.25, 0.3) is 5.92 Å². The van der Waals surface area contributed by atoms with Crippen LogP contribution in [0.5, 0.6) is 17.2 Å². The number of halogens is 2. The highest BCUT2D eigenvalue weighted by molar-refractivity contribution is 5.88. The van der Waals surface area contributed by atoms with Gasteiger partial charge in [-0.1, -0.05) is 12.1 Å². The van der Waals surface area contributed by atoms with Gasteiger partial charge in [-0.25, -0.2) is 18.4 Å². The molecule has 0 unspecified atom stereocenters. The number of aliphatic carboxylic acids is 1. The zero-order chi connectivity index (χ0) is 29.5. The van der Waals surface area contributed by atoms with Gasteiger partial charge in [0, 0.05) is 24.9 Å². The maximum absolute atomic E-state index is 13.7. The molecule has 1 aliphatic carbocycles. The molecule has 1 aliphatic rings. The number of benzene rings is 2. The van der Waals surface area contributed by atoms with Gasteiger partial charge < -0.3 is 29.5 Å². The first-order chi connectivity index (χ1) is 18.9. The molecule has 0 spiro atoms. The molecule has 1 fully saturated rings. The maximum atomic E-state index is 13.7. The van der Waals surface area contributed by atoms with Crippen LogP contribution in [0.1, 0.15) is 69.2 Å². The molecule has 220 valence electrons. The average molecular weight is 563 g/mol. The number of carbonyl (C=O) groups excluding carboxylic acids is 1. The Kier molecular flexibility index (Phi) is 10.2. The quantitative estimate of drug-likeness (QED) is 0.268. The van der Waals surface area contributed by atoms with Crippen molar-refractivity contribution in [3.63, 3.8) is 0 Å². The lowest BCUT2D eigenvalue weighted by Gasteiger charge is -2.45. The smallest absolute Gasteiger partial charge is 0.329 e. The van der Waals surface area contributed by atoms with E-state index in [0.29, 0.717) is 31.1 Å². The number of ether oxygens (including phenoxy) is 3. The second kappa shape index (κ2) is 13.2. The number of alkyl halides is 2. The Labute approximate surface area is 234 Å². The van der Waals surface area contributed by atoms with Crippen molar-refractivity contribution in [1.82, 2.24) is 10.2 Å². The van der Waals surface area contributed by atoms with E-state index in [4.69, 9.17) is 14.2 Å². The summed E-state index contributed by atoms with van der Waals surface area (Å²) in [5, 5.41) is 12.1. The number of aryl methyl sites for hydroxylation is 1. The largest absolute Gasteiger partial charge is 0.497 e. The van der Waals surface area contributed by atoms with Crippen LogP contribution in [-0.2, 0) is 11.2 Å². The fraction of sp³-hybridized carbons (Fsp3) is 0.533. The van der Waals surface area contributed by atoms with Gasteiger partial charge in [-0.2, -0.15) is 0 Å². The van der Waals surface area contributed by atoms with Crippen molar-refractivity contribution in [3.8, 4) is 17.2 Å². The predicted molar refractivity (Wildman–Crippen MR) is 148 cm³/mol. The van der Waals surface area contributed by atoms with E-state index < -0.39 is 42.3 Å². The van der Waals surface area contributed by atoms with Gasteiger partial charge in [0.1, 0.15) is 17.2 Å². The summed E-state index contributed by atoms with van der Waals surface area (Å²) in [6, 6.07) is 10.2. The summed E-state index contributed by atoms with van der Waals surface area (Å²) in [4.78, 5) is 27.0. The van der Waals surface area contributed by atoms with Crippen LogP contribution in [0.25, 0.3) is 0 Å². The van der Waals surface area contributed by atoms with E-state index in [-0.39, 0.29) is 6.54 Å². The van der Waals surface area contributed by atoms with Crippen LogP contribution in [0.4, 0.5) is 13.6 Å². The highest BCUT2D eigenvalue weighted by Gasteiger charge is 2.62. The Balaban J connectivity index is 1.85. The zero-order valence-corrected chi connectivity index (χ0v) is 23.9. The number of urea groups is 1. The van der Waals surface area contributed by atoms with Crippen molar-refractivity contribution in [3.05, 3.63) is 53.1 Å². The number of hydrogen-bond acceptors (Lipinski definition) is 5. The number of unbranched alkanes of at least 4 members (excludes halogenated alkanes) is 1. The van der Waals surface area contributed by atoms with Gasteiger partial charge in [-0.3, -0.25) is 0 Å². The number of nitrogens with one attached hydrogen (secondary N) is 1. The van der Waals surface area contributed by atoms with Crippen LogP contribution in [-0.4, -0.2) is 60.3 Å². The Bertz CT molecular complexity index is 1150. The minimum atomic E-state index is -3.13. The van der Waals surface area contributed by atoms with Crippen LogP contribution in [0.2, 0.25) is 0 Å².